The van der Waals surface area contributed by atoms with Gasteiger partial charge in [-0.1, -0.05) is 45.0 Å². The van der Waals surface area contributed by atoms with Gasteiger partial charge < -0.3 is 10.8 Å². The molecule has 4 heteroatoms. The standard InChI is InChI=1S/C14H21NO2S/c1-14(2,3)11-6-4-10(5-7-11)8-18-9-12(15)13(16)17/h4-7,12H,8-9,15H2,1-3H3,(H,16,17). The van der Waals surface area contributed by atoms with Crippen LogP contribution in [0.4, 0.5) is 0 Å². The van der Waals surface area contributed by atoms with Crippen LogP contribution in [-0.2, 0) is 16.0 Å². The fraction of sp³-hybridized carbons (Fsp3) is 0.500. The number of thioether (sulfide) groups is 1. The molecule has 0 amide bonds. The maximum absolute atomic E-state index is 10.6. The van der Waals surface area contributed by atoms with E-state index in [1.165, 1.54) is 11.1 Å². The summed E-state index contributed by atoms with van der Waals surface area (Å²) in [7, 11) is 0. The topological polar surface area (TPSA) is 63.3 Å². The van der Waals surface area contributed by atoms with Crippen molar-refractivity contribution >= 4 is 17.7 Å². The van der Waals surface area contributed by atoms with Gasteiger partial charge in [-0.05, 0) is 16.5 Å². The summed E-state index contributed by atoms with van der Waals surface area (Å²) in [6.45, 7) is 6.55. The summed E-state index contributed by atoms with van der Waals surface area (Å²) in [5.41, 5.74) is 8.11. The first-order valence-electron chi connectivity index (χ1n) is 5.96. The molecule has 0 radical (unpaired) electrons. The van der Waals surface area contributed by atoms with E-state index in [1.807, 2.05) is 0 Å². The average molecular weight is 267 g/mol. The summed E-state index contributed by atoms with van der Waals surface area (Å²) in [5.74, 6) is 0.299. The highest BCUT2D eigenvalue weighted by atomic mass is 32.2. The second-order valence-corrected chi connectivity index (χ2v) is 6.44. The zero-order valence-electron chi connectivity index (χ0n) is 11.1. The van der Waals surface area contributed by atoms with Crippen LogP contribution in [0.2, 0.25) is 0 Å². The predicted molar refractivity (Wildman–Crippen MR) is 76.9 cm³/mol. The van der Waals surface area contributed by atoms with Crippen molar-refractivity contribution in [2.24, 2.45) is 5.73 Å². The number of carbonyl (C=O) groups is 1. The zero-order chi connectivity index (χ0) is 13.8. The second kappa shape index (κ2) is 6.25. The molecule has 0 aromatic heterocycles. The van der Waals surface area contributed by atoms with Crippen LogP contribution in [0.3, 0.4) is 0 Å². The lowest BCUT2D eigenvalue weighted by molar-refractivity contribution is -0.137. The van der Waals surface area contributed by atoms with E-state index in [9.17, 15) is 4.79 Å². The molecule has 0 heterocycles. The van der Waals surface area contributed by atoms with Gasteiger partial charge in [-0.2, -0.15) is 11.8 Å². The lowest BCUT2D eigenvalue weighted by Gasteiger charge is -2.19. The maximum Gasteiger partial charge on any atom is 0.321 e. The van der Waals surface area contributed by atoms with Gasteiger partial charge in [0.05, 0.1) is 0 Å². The lowest BCUT2D eigenvalue weighted by atomic mass is 9.87. The SMILES string of the molecule is CC(C)(C)c1ccc(CSCC(N)C(=O)O)cc1. The highest BCUT2D eigenvalue weighted by molar-refractivity contribution is 7.98. The van der Waals surface area contributed by atoms with Crippen molar-refractivity contribution in [3.63, 3.8) is 0 Å². The molecule has 0 saturated carbocycles. The van der Waals surface area contributed by atoms with Gasteiger partial charge >= 0.3 is 5.97 Å². The highest BCUT2D eigenvalue weighted by Gasteiger charge is 2.13. The summed E-state index contributed by atoms with van der Waals surface area (Å²) in [5, 5.41) is 8.67. The quantitative estimate of drug-likeness (QED) is 0.861. The number of carboxylic acid groups (broad SMARTS) is 1. The minimum atomic E-state index is -0.939. The molecule has 0 aliphatic carbocycles. The van der Waals surface area contributed by atoms with Gasteiger partial charge in [-0.15, -0.1) is 0 Å². The van der Waals surface area contributed by atoms with E-state index in [4.69, 9.17) is 10.8 Å². The first-order valence-corrected chi connectivity index (χ1v) is 7.11. The van der Waals surface area contributed by atoms with Crippen molar-refractivity contribution in [3.05, 3.63) is 35.4 Å². The molecule has 1 aromatic carbocycles. The first-order chi connectivity index (χ1) is 8.30. The van der Waals surface area contributed by atoms with Crippen LogP contribution >= 0.6 is 11.8 Å². The zero-order valence-corrected chi connectivity index (χ0v) is 12.0. The molecule has 1 unspecified atom stereocenters. The number of nitrogens with two attached hydrogens (primary N) is 1. The van der Waals surface area contributed by atoms with Crippen molar-refractivity contribution in [1.82, 2.24) is 0 Å². The van der Waals surface area contributed by atoms with E-state index in [-0.39, 0.29) is 5.41 Å². The summed E-state index contributed by atoms with van der Waals surface area (Å²) in [6, 6.07) is 7.68. The summed E-state index contributed by atoms with van der Waals surface area (Å²) >= 11 is 1.55. The van der Waals surface area contributed by atoms with Crippen LogP contribution in [0, 0.1) is 0 Å². The number of hydrogen-bond acceptors (Lipinski definition) is 3. The van der Waals surface area contributed by atoms with Crippen molar-refractivity contribution < 1.29 is 9.90 Å². The minimum Gasteiger partial charge on any atom is -0.480 e. The molecule has 0 aliphatic heterocycles. The van der Waals surface area contributed by atoms with Crippen LogP contribution < -0.4 is 5.73 Å². The number of aliphatic carboxylic acids is 1. The average Bonchev–Trinajstić information content (AvgIpc) is 2.28. The molecular formula is C14H21NO2S. The van der Waals surface area contributed by atoms with Crippen molar-refractivity contribution in [2.45, 2.75) is 38.0 Å². The molecule has 0 saturated heterocycles. The van der Waals surface area contributed by atoms with Crippen molar-refractivity contribution in [2.75, 3.05) is 5.75 Å². The van der Waals surface area contributed by atoms with Crippen LogP contribution in [0.5, 0.6) is 0 Å². The van der Waals surface area contributed by atoms with E-state index in [0.29, 0.717) is 5.75 Å². The molecule has 3 N–H and O–H groups in total. The van der Waals surface area contributed by atoms with Gasteiger partial charge in [0.1, 0.15) is 6.04 Å². The normalized spacial score (nSPS) is 13.3. The van der Waals surface area contributed by atoms with Gasteiger partial charge in [-0.3, -0.25) is 4.79 Å². The molecule has 0 spiro atoms. The molecule has 0 aliphatic rings. The van der Waals surface area contributed by atoms with Gasteiger partial charge in [0.15, 0.2) is 0 Å². The molecule has 18 heavy (non-hydrogen) atoms. The third-order valence-electron chi connectivity index (χ3n) is 2.70. The molecule has 100 valence electrons. The lowest BCUT2D eigenvalue weighted by Crippen LogP contribution is -2.32. The molecular weight excluding hydrogens is 246 g/mol. The van der Waals surface area contributed by atoms with E-state index in [0.717, 1.165) is 5.75 Å². The molecule has 0 fully saturated rings. The monoisotopic (exact) mass is 267 g/mol. The summed E-state index contributed by atoms with van der Waals surface area (Å²) in [6.07, 6.45) is 0. The Labute approximate surface area is 113 Å². The molecule has 0 bridgehead atoms. The van der Waals surface area contributed by atoms with Crippen molar-refractivity contribution in [1.29, 1.82) is 0 Å². The Bertz CT molecular complexity index is 395. The van der Waals surface area contributed by atoms with Crippen molar-refractivity contribution in [3.8, 4) is 0 Å². The van der Waals surface area contributed by atoms with Crippen LogP contribution in [0.15, 0.2) is 24.3 Å². The van der Waals surface area contributed by atoms with E-state index < -0.39 is 12.0 Å². The third-order valence-corrected chi connectivity index (χ3v) is 3.84. The number of rotatable bonds is 5. The number of benzene rings is 1. The minimum absolute atomic E-state index is 0.164. The third kappa shape index (κ3) is 4.70. The second-order valence-electron chi connectivity index (χ2n) is 5.41. The Morgan fingerprint density at radius 1 is 1.33 bits per heavy atom. The highest BCUT2D eigenvalue weighted by Crippen LogP contribution is 2.23. The van der Waals surface area contributed by atoms with Crippen LogP contribution in [0.1, 0.15) is 31.9 Å². The largest absolute Gasteiger partial charge is 0.480 e. The Kier molecular flexibility index (Phi) is 5.23. The fourth-order valence-electron chi connectivity index (χ4n) is 1.48. The number of carboxylic acids is 1. The Morgan fingerprint density at radius 2 is 1.89 bits per heavy atom. The Balaban J connectivity index is 2.47. The maximum atomic E-state index is 10.6. The van der Waals surface area contributed by atoms with Gasteiger partial charge in [-0.25, -0.2) is 0 Å². The van der Waals surface area contributed by atoms with Crippen LogP contribution in [0.25, 0.3) is 0 Å². The van der Waals surface area contributed by atoms with E-state index >= 15 is 0 Å². The van der Waals surface area contributed by atoms with E-state index in [1.54, 1.807) is 11.8 Å². The molecule has 1 aromatic rings. The van der Waals surface area contributed by atoms with E-state index in [2.05, 4.69) is 45.0 Å². The first kappa shape index (κ1) is 15.1. The Morgan fingerprint density at radius 3 is 2.33 bits per heavy atom. The fourth-order valence-corrected chi connectivity index (χ4v) is 2.42. The van der Waals surface area contributed by atoms with Gasteiger partial charge in [0, 0.05) is 11.5 Å². The molecule has 1 atom stereocenters. The molecule has 1 rings (SSSR count). The predicted octanol–water partition coefficient (Wildman–Crippen LogP) is 2.63. The smallest absolute Gasteiger partial charge is 0.321 e. The summed E-state index contributed by atoms with van der Waals surface area (Å²) < 4.78 is 0. The Hall–Kier alpha value is -1.00. The number of hydrogen-bond donors (Lipinski definition) is 2. The van der Waals surface area contributed by atoms with Gasteiger partial charge in [0.25, 0.3) is 0 Å². The van der Waals surface area contributed by atoms with Gasteiger partial charge in [0.2, 0.25) is 0 Å². The molecule has 3 nitrogen and oxygen atoms in total. The summed E-state index contributed by atoms with van der Waals surface area (Å²) in [4.78, 5) is 10.6. The van der Waals surface area contributed by atoms with Crippen LogP contribution in [-0.4, -0.2) is 22.9 Å².